The molecule has 0 radical (unpaired) electrons. The van der Waals surface area contributed by atoms with Gasteiger partial charge in [0.25, 0.3) is 0 Å². The van der Waals surface area contributed by atoms with Gasteiger partial charge in [-0.15, -0.1) is 0 Å². The van der Waals surface area contributed by atoms with Crippen LogP contribution in [-0.4, -0.2) is 23.5 Å². The van der Waals surface area contributed by atoms with Crippen LogP contribution in [0.5, 0.6) is 0 Å². The lowest BCUT2D eigenvalue weighted by atomic mass is 10.1. The molecule has 0 bridgehead atoms. The molecule has 1 saturated heterocycles. The minimum Gasteiger partial charge on any atom is -0.358 e. The van der Waals surface area contributed by atoms with Gasteiger partial charge in [-0.25, -0.2) is 0 Å². The SMILES string of the molecule is O=C1C2CCCN2c2ccccc2N1Cc1ccncc1. The van der Waals surface area contributed by atoms with Crippen molar-refractivity contribution in [3.8, 4) is 0 Å². The first kappa shape index (κ1) is 12.4. The van der Waals surface area contributed by atoms with Crippen molar-refractivity contribution < 1.29 is 4.79 Å². The second-order valence-electron chi connectivity index (χ2n) is 5.62. The number of fused-ring (bicyclic) bond motifs is 3. The fraction of sp³-hybridized carbons (Fsp3) is 0.294. The first-order valence-electron chi connectivity index (χ1n) is 7.40. The highest BCUT2D eigenvalue weighted by Crippen LogP contribution is 2.40. The maximum Gasteiger partial charge on any atom is 0.250 e. The number of para-hydroxylation sites is 2. The number of nitrogens with zero attached hydrogens (tertiary/aromatic N) is 3. The summed E-state index contributed by atoms with van der Waals surface area (Å²) in [5.74, 6) is 0.225. The summed E-state index contributed by atoms with van der Waals surface area (Å²) in [6.45, 7) is 1.60. The van der Waals surface area contributed by atoms with Gasteiger partial charge >= 0.3 is 0 Å². The summed E-state index contributed by atoms with van der Waals surface area (Å²) in [7, 11) is 0. The molecule has 4 rings (SSSR count). The molecule has 1 atom stereocenters. The van der Waals surface area contributed by atoms with Gasteiger partial charge in [0.1, 0.15) is 6.04 Å². The first-order chi connectivity index (χ1) is 10.3. The van der Waals surface area contributed by atoms with Crippen LogP contribution in [0, 0.1) is 0 Å². The molecular weight excluding hydrogens is 262 g/mol. The Labute approximate surface area is 124 Å². The summed E-state index contributed by atoms with van der Waals surface area (Å²) < 4.78 is 0. The molecule has 0 saturated carbocycles. The standard InChI is InChI=1S/C17H17N3O/c21-17-16-6-3-11-19(16)14-4-1-2-5-15(14)20(17)12-13-7-9-18-10-8-13/h1-2,4-5,7-10,16H,3,6,11-12H2. The number of pyridine rings is 1. The summed E-state index contributed by atoms with van der Waals surface area (Å²) in [4.78, 5) is 21.1. The molecule has 1 fully saturated rings. The number of anilines is 2. The number of aromatic nitrogens is 1. The van der Waals surface area contributed by atoms with Crippen LogP contribution in [-0.2, 0) is 11.3 Å². The van der Waals surface area contributed by atoms with Crippen LogP contribution in [0.1, 0.15) is 18.4 Å². The Balaban J connectivity index is 1.76. The van der Waals surface area contributed by atoms with Crippen LogP contribution in [0.15, 0.2) is 48.8 Å². The molecule has 1 aromatic carbocycles. The summed E-state index contributed by atoms with van der Waals surface area (Å²) in [6.07, 6.45) is 5.60. The van der Waals surface area contributed by atoms with Crippen LogP contribution in [0.25, 0.3) is 0 Å². The Kier molecular flexibility index (Phi) is 2.88. The zero-order valence-electron chi connectivity index (χ0n) is 11.8. The molecule has 3 heterocycles. The van der Waals surface area contributed by atoms with E-state index < -0.39 is 0 Å². The van der Waals surface area contributed by atoms with E-state index in [2.05, 4.69) is 22.0 Å². The highest BCUT2D eigenvalue weighted by atomic mass is 16.2. The Morgan fingerprint density at radius 3 is 2.67 bits per heavy atom. The Bertz CT molecular complexity index is 671. The van der Waals surface area contributed by atoms with Crippen molar-refractivity contribution in [2.24, 2.45) is 0 Å². The molecule has 0 aliphatic carbocycles. The number of amides is 1. The van der Waals surface area contributed by atoms with Crippen molar-refractivity contribution in [1.29, 1.82) is 0 Å². The zero-order chi connectivity index (χ0) is 14.2. The largest absolute Gasteiger partial charge is 0.358 e. The number of benzene rings is 1. The van der Waals surface area contributed by atoms with Crippen LogP contribution in [0.2, 0.25) is 0 Å². The smallest absolute Gasteiger partial charge is 0.250 e. The van der Waals surface area contributed by atoms with Gasteiger partial charge in [-0.3, -0.25) is 9.78 Å². The average molecular weight is 279 g/mol. The number of hydrogen-bond acceptors (Lipinski definition) is 3. The van der Waals surface area contributed by atoms with Crippen LogP contribution >= 0.6 is 0 Å². The van der Waals surface area contributed by atoms with E-state index in [1.165, 1.54) is 5.69 Å². The van der Waals surface area contributed by atoms with Gasteiger partial charge in [-0.1, -0.05) is 12.1 Å². The summed E-state index contributed by atoms with van der Waals surface area (Å²) in [5, 5.41) is 0. The molecule has 1 aromatic heterocycles. The van der Waals surface area contributed by atoms with E-state index in [1.54, 1.807) is 12.4 Å². The molecule has 1 unspecified atom stereocenters. The monoisotopic (exact) mass is 279 g/mol. The van der Waals surface area contributed by atoms with E-state index in [0.29, 0.717) is 6.54 Å². The number of rotatable bonds is 2. The second-order valence-corrected chi connectivity index (χ2v) is 5.62. The van der Waals surface area contributed by atoms with Gasteiger partial charge in [0.2, 0.25) is 5.91 Å². The first-order valence-corrected chi connectivity index (χ1v) is 7.40. The van der Waals surface area contributed by atoms with Crippen molar-refractivity contribution in [1.82, 2.24) is 4.98 Å². The highest BCUT2D eigenvalue weighted by molar-refractivity contribution is 6.05. The fourth-order valence-corrected chi connectivity index (χ4v) is 3.38. The predicted octanol–water partition coefficient (Wildman–Crippen LogP) is 2.60. The topological polar surface area (TPSA) is 36.4 Å². The third kappa shape index (κ3) is 1.98. The molecule has 21 heavy (non-hydrogen) atoms. The Morgan fingerprint density at radius 2 is 1.86 bits per heavy atom. The van der Waals surface area contributed by atoms with Crippen LogP contribution in [0.3, 0.4) is 0 Å². The zero-order valence-corrected chi connectivity index (χ0v) is 11.8. The lowest BCUT2D eigenvalue weighted by Gasteiger charge is -2.39. The van der Waals surface area contributed by atoms with Gasteiger partial charge in [-0.05, 0) is 42.7 Å². The molecule has 4 nitrogen and oxygen atoms in total. The quantitative estimate of drug-likeness (QED) is 0.848. The molecule has 2 aromatic rings. The molecule has 2 aliphatic heterocycles. The normalized spacial score (nSPS) is 20.4. The van der Waals surface area contributed by atoms with E-state index in [9.17, 15) is 4.79 Å². The third-order valence-corrected chi connectivity index (χ3v) is 4.38. The van der Waals surface area contributed by atoms with E-state index in [0.717, 1.165) is 30.6 Å². The molecule has 2 aliphatic rings. The van der Waals surface area contributed by atoms with Crippen molar-refractivity contribution in [3.05, 3.63) is 54.4 Å². The van der Waals surface area contributed by atoms with Gasteiger partial charge < -0.3 is 9.80 Å². The lowest BCUT2D eigenvalue weighted by molar-refractivity contribution is -0.120. The van der Waals surface area contributed by atoms with Gasteiger partial charge in [0.15, 0.2) is 0 Å². The minimum absolute atomic E-state index is 0.0155. The number of carbonyl (C=O) groups excluding carboxylic acids is 1. The van der Waals surface area contributed by atoms with E-state index >= 15 is 0 Å². The van der Waals surface area contributed by atoms with Crippen LogP contribution in [0.4, 0.5) is 11.4 Å². The molecule has 1 amide bonds. The van der Waals surface area contributed by atoms with Gasteiger partial charge in [0, 0.05) is 18.9 Å². The lowest BCUT2D eigenvalue weighted by Crippen LogP contribution is -2.50. The second kappa shape index (κ2) is 4.88. The molecule has 4 heteroatoms. The summed E-state index contributed by atoms with van der Waals surface area (Å²) in [6, 6.07) is 12.2. The van der Waals surface area contributed by atoms with Crippen molar-refractivity contribution in [2.75, 3.05) is 16.3 Å². The van der Waals surface area contributed by atoms with E-state index in [1.807, 2.05) is 29.2 Å². The van der Waals surface area contributed by atoms with Gasteiger partial charge in [-0.2, -0.15) is 0 Å². The molecular formula is C17H17N3O. The van der Waals surface area contributed by atoms with E-state index in [-0.39, 0.29) is 11.9 Å². The third-order valence-electron chi connectivity index (χ3n) is 4.38. The van der Waals surface area contributed by atoms with Crippen molar-refractivity contribution in [2.45, 2.75) is 25.4 Å². The number of hydrogen-bond donors (Lipinski definition) is 0. The highest BCUT2D eigenvalue weighted by Gasteiger charge is 2.40. The predicted molar refractivity (Wildman–Crippen MR) is 82.2 cm³/mol. The summed E-state index contributed by atoms with van der Waals surface area (Å²) in [5.41, 5.74) is 3.32. The maximum absolute atomic E-state index is 12.8. The number of carbonyl (C=O) groups is 1. The van der Waals surface area contributed by atoms with Crippen molar-refractivity contribution >= 4 is 17.3 Å². The molecule has 0 spiro atoms. The minimum atomic E-state index is 0.0155. The van der Waals surface area contributed by atoms with E-state index in [4.69, 9.17) is 0 Å². The van der Waals surface area contributed by atoms with Gasteiger partial charge in [0.05, 0.1) is 17.9 Å². The fourth-order valence-electron chi connectivity index (χ4n) is 3.38. The van der Waals surface area contributed by atoms with Crippen LogP contribution < -0.4 is 9.80 Å². The Morgan fingerprint density at radius 1 is 1.10 bits per heavy atom. The summed E-state index contributed by atoms with van der Waals surface area (Å²) >= 11 is 0. The maximum atomic E-state index is 12.8. The Hall–Kier alpha value is -2.36. The average Bonchev–Trinajstić information content (AvgIpc) is 3.02. The molecule has 0 N–H and O–H groups in total. The van der Waals surface area contributed by atoms with Crippen molar-refractivity contribution in [3.63, 3.8) is 0 Å². The molecule has 106 valence electrons.